The zero-order chi connectivity index (χ0) is 10.7. The fourth-order valence-corrected chi connectivity index (χ4v) is 1.97. The largest absolute Gasteiger partial charge is 0.481 e. The van der Waals surface area contributed by atoms with E-state index in [4.69, 9.17) is 5.11 Å². The molecule has 0 atom stereocenters. The molecule has 80 valence electrons. The van der Waals surface area contributed by atoms with Crippen molar-refractivity contribution in [3.8, 4) is 0 Å². The third-order valence-electron chi connectivity index (χ3n) is 2.76. The number of nitrogens with zero attached hydrogens (tertiary/aromatic N) is 1. The standard InChI is InChI=1S/C12H15NO2/c14-12(15)9-10-3-5-11(6-4-10)13-7-1-2-8-13/h3-6H,1-2,7-9H2,(H,14,15). The molecule has 0 unspecified atom stereocenters. The maximum absolute atomic E-state index is 10.5. The van der Waals surface area contributed by atoms with Crippen molar-refractivity contribution in [1.29, 1.82) is 0 Å². The number of hydrogen-bond acceptors (Lipinski definition) is 2. The average molecular weight is 205 g/mol. The van der Waals surface area contributed by atoms with Gasteiger partial charge in [0.05, 0.1) is 6.42 Å². The van der Waals surface area contributed by atoms with E-state index >= 15 is 0 Å². The molecule has 15 heavy (non-hydrogen) atoms. The second-order valence-electron chi connectivity index (χ2n) is 3.93. The summed E-state index contributed by atoms with van der Waals surface area (Å²) in [5.74, 6) is -0.774. The first-order valence-corrected chi connectivity index (χ1v) is 5.31. The number of carbonyl (C=O) groups is 1. The Bertz CT molecular complexity index is 339. The summed E-state index contributed by atoms with van der Waals surface area (Å²) in [5.41, 5.74) is 2.08. The van der Waals surface area contributed by atoms with E-state index in [1.807, 2.05) is 24.3 Å². The van der Waals surface area contributed by atoms with Crippen LogP contribution >= 0.6 is 0 Å². The Labute approximate surface area is 89.3 Å². The van der Waals surface area contributed by atoms with Gasteiger partial charge in [-0.3, -0.25) is 4.79 Å². The minimum atomic E-state index is -0.774. The summed E-state index contributed by atoms with van der Waals surface area (Å²) in [4.78, 5) is 12.8. The normalized spacial score (nSPS) is 15.6. The number of carboxylic acid groups (broad SMARTS) is 1. The van der Waals surface area contributed by atoms with Crippen molar-refractivity contribution in [3.63, 3.8) is 0 Å². The third kappa shape index (κ3) is 2.49. The molecule has 3 nitrogen and oxygen atoms in total. The van der Waals surface area contributed by atoms with Gasteiger partial charge in [0.2, 0.25) is 0 Å². The number of aliphatic carboxylic acids is 1. The molecule has 0 saturated carbocycles. The predicted molar refractivity (Wildman–Crippen MR) is 59.2 cm³/mol. The Balaban J connectivity index is 2.06. The van der Waals surface area contributed by atoms with Crippen LogP contribution in [0.1, 0.15) is 18.4 Å². The summed E-state index contributed by atoms with van der Waals surface area (Å²) >= 11 is 0. The van der Waals surface area contributed by atoms with E-state index in [2.05, 4.69) is 4.90 Å². The maximum atomic E-state index is 10.5. The number of hydrogen-bond donors (Lipinski definition) is 1. The monoisotopic (exact) mass is 205 g/mol. The van der Waals surface area contributed by atoms with Crippen LogP contribution in [0.4, 0.5) is 5.69 Å². The quantitative estimate of drug-likeness (QED) is 0.819. The third-order valence-corrected chi connectivity index (χ3v) is 2.76. The van der Waals surface area contributed by atoms with E-state index in [0.717, 1.165) is 18.7 Å². The van der Waals surface area contributed by atoms with Gasteiger partial charge < -0.3 is 10.0 Å². The van der Waals surface area contributed by atoms with Crippen molar-refractivity contribution >= 4 is 11.7 Å². The smallest absolute Gasteiger partial charge is 0.307 e. The fourth-order valence-electron chi connectivity index (χ4n) is 1.97. The van der Waals surface area contributed by atoms with Gasteiger partial charge in [-0.1, -0.05) is 12.1 Å². The second kappa shape index (κ2) is 4.34. The Morgan fingerprint density at radius 1 is 1.20 bits per heavy atom. The molecule has 0 spiro atoms. The molecule has 1 aromatic rings. The van der Waals surface area contributed by atoms with Gasteiger partial charge in [-0.05, 0) is 30.5 Å². The molecule has 1 aromatic carbocycles. The molecule has 1 heterocycles. The van der Waals surface area contributed by atoms with Crippen LogP contribution in [-0.4, -0.2) is 24.2 Å². The second-order valence-corrected chi connectivity index (χ2v) is 3.93. The van der Waals surface area contributed by atoms with Crippen LogP contribution in [-0.2, 0) is 11.2 Å². The average Bonchev–Trinajstić information content (AvgIpc) is 2.71. The molecule has 1 aliphatic heterocycles. The maximum Gasteiger partial charge on any atom is 0.307 e. The molecular formula is C12H15NO2. The highest BCUT2D eigenvalue weighted by atomic mass is 16.4. The van der Waals surface area contributed by atoms with Gasteiger partial charge >= 0.3 is 5.97 Å². The lowest BCUT2D eigenvalue weighted by Gasteiger charge is -2.17. The Kier molecular flexibility index (Phi) is 2.90. The highest BCUT2D eigenvalue weighted by Gasteiger charge is 2.11. The summed E-state index contributed by atoms with van der Waals surface area (Å²) < 4.78 is 0. The van der Waals surface area contributed by atoms with Gasteiger partial charge in [0.25, 0.3) is 0 Å². The molecule has 1 N–H and O–H groups in total. The van der Waals surface area contributed by atoms with Crippen LogP contribution in [0.3, 0.4) is 0 Å². The van der Waals surface area contributed by atoms with Crippen LogP contribution in [0.25, 0.3) is 0 Å². The van der Waals surface area contributed by atoms with Crippen LogP contribution in [0.2, 0.25) is 0 Å². The van der Waals surface area contributed by atoms with Crippen LogP contribution in [0, 0.1) is 0 Å². The van der Waals surface area contributed by atoms with Gasteiger partial charge in [0, 0.05) is 18.8 Å². The van der Waals surface area contributed by atoms with E-state index in [-0.39, 0.29) is 6.42 Å². The Hall–Kier alpha value is -1.51. The first-order chi connectivity index (χ1) is 7.25. The van der Waals surface area contributed by atoms with E-state index < -0.39 is 5.97 Å². The van der Waals surface area contributed by atoms with Crippen LogP contribution < -0.4 is 4.90 Å². The minimum absolute atomic E-state index is 0.111. The van der Waals surface area contributed by atoms with E-state index in [9.17, 15) is 4.79 Å². The van der Waals surface area contributed by atoms with E-state index in [1.54, 1.807) is 0 Å². The SMILES string of the molecule is O=C(O)Cc1ccc(N2CCCC2)cc1. The van der Waals surface area contributed by atoms with Gasteiger partial charge in [0.15, 0.2) is 0 Å². The topological polar surface area (TPSA) is 40.5 Å². The number of carboxylic acids is 1. The first-order valence-electron chi connectivity index (χ1n) is 5.31. The number of rotatable bonds is 3. The molecule has 3 heteroatoms. The van der Waals surface area contributed by atoms with Gasteiger partial charge in [0.1, 0.15) is 0 Å². The van der Waals surface area contributed by atoms with E-state index in [1.165, 1.54) is 18.5 Å². The lowest BCUT2D eigenvalue weighted by molar-refractivity contribution is -0.136. The molecule has 0 amide bonds. The zero-order valence-corrected chi connectivity index (χ0v) is 8.65. The summed E-state index contributed by atoms with van der Waals surface area (Å²) in [5, 5.41) is 8.64. The van der Waals surface area contributed by atoms with Gasteiger partial charge in [-0.25, -0.2) is 0 Å². The molecule has 1 fully saturated rings. The van der Waals surface area contributed by atoms with Crippen molar-refractivity contribution < 1.29 is 9.90 Å². The molecule has 0 aliphatic carbocycles. The minimum Gasteiger partial charge on any atom is -0.481 e. The summed E-state index contributed by atoms with van der Waals surface area (Å²) in [6, 6.07) is 7.84. The lowest BCUT2D eigenvalue weighted by atomic mass is 10.1. The molecule has 0 aromatic heterocycles. The fraction of sp³-hybridized carbons (Fsp3) is 0.417. The molecular weight excluding hydrogens is 190 g/mol. The summed E-state index contributed by atoms with van der Waals surface area (Å²) in [6.07, 6.45) is 2.63. The molecule has 1 aliphatic rings. The van der Waals surface area contributed by atoms with Crippen LogP contribution in [0.15, 0.2) is 24.3 Å². The highest BCUT2D eigenvalue weighted by molar-refractivity contribution is 5.70. The molecule has 1 saturated heterocycles. The molecule has 2 rings (SSSR count). The molecule has 0 radical (unpaired) electrons. The van der Waals surface area contributed by atoms with Crippen molar-refractivity contribution in [2.24, 2.45) is 0 Å². The Morgan fingerprint density at radius 2 is 1.80 bits per heavy atom. The van der Waals surface area contributed by atoms with Crippen molar-refractivity contribution in [3.05, 3.63) is 29.8 Å². The van der Waals surface area contributed by atoms with Crippen molar-refractivity contribution in [2.75, 3.05) is 18.0 Å². The van der Waals surface area contributed by atoms with Crippen molar-refractivity contribution in [2.45, 2.75) is 19.3 Å². The van der Waals surface area contributed by atoms with Gasteiger partial charge in [-0.2, -0.15) is 0 Å². The predicted octanol–water partition coefficient (Wildman–Crippen LogP) is 1.91. The summed E-state index contributed by atoms with van der Waals surface area (Å²) in [6.45, 7) is 2.25. The Morgan fingerprint density at radius 3 is 2.33 bits per heavy atom. The van der Waals surface area contributed by atoms with Gasteiger partial charge in [-0.15, -0.1) is 0 Å². The lowest BCUT2D eigenvalue weighted by Crippen LogP contribution is -2.17. The highest BCUT2D eigenvalue weighted by Crippen LogP contribution is 2.20. The number of benzene rings is 1. The first kappa shape index (κ1) is 10.0. The zero-order valence-electron chi connectivity index (χ0n) is 8.65. The number of anilines is 1. The molecule has 0 bridgehead atoms. The van der Waals surface area contributed by atoms with Crippen molar-refractivity contribution in [1.82, 2.24) is 0 Å². The summed E-state index contributed by atoms with van der Waals surface area (Å²) in [7, 11) is 0. The van der Waals surface area contributed by atoms with E-state index in [0.29, 0.717) is 0 Å². The van der Waals surface area contributed by atoms with Crippen LogP contribution in [0.5, 0.6) is 0 Å².